The molecule has 26 heavy (non-hydrogen) atoms. The number of hydrogen-bond donors (Lipinski definition) is 1. The topological polar surface area (TPSA) is 68.0 Å². The van der Waals surface area contributed by atoms with Crippen LogP contribution in [-0.4, -0.2) is 25.8 Å². The Labute approximate surface area is 153 Å². The number of fused-ring (bicyclic) bond motifs is 1. The van der Waals surface area contributed by atoms with Gasteiger partial charge in [-0.15, -0.1) is 11.3 Å². The van der Waals surface area contributed by atoms with E-state index in [1.54, 1.807) is 10.9 Å². The van der Waals surface area contributed by atoms with E-state index in [9.17, 15) is 9.90 Å². The highest BCUT2D eigenvalue weighted by molar-refractivity contribution is 7.19. The van der Waals surface area contributed by atoms with Crippen molar-refractivity contribution < 1.29 is 9.90 Å². The molecular formula is C20H15N3O2S. The fourth-order valence-electron chi connectivity index (χ4n) is 2.75. The van der Waals surface area contributed by atoms with Crippen molar-refractivity contribution in [3.63, 3.8) is 0 Å². The summed E-state index contributed by atoms with van der Waals surface area (Å²) in [7, 11) is 0. The number of para-hydroxylation sites is 2. The van der Waals surface area contributed by atoms with Crippen molar-refractivity contribution in [2.75, 3.05) is 0 Å². The molecule has 0 aliphatic carbocycles. The fraction of sp³-hybridized carbons (Fsp3) is 0.0500. The smallest absolute Gasteiger partial charge is 0.307 e. The van der Waals surface area contributed by atoms with Crippen LogP contribution in [0.4, 0.5) is 0 Å². The SMILES string of the molecule is O=C(O)C/C(=C\c1ccnn1-c1ccccc1)c1nc2ccccc2s1. The van der Waals surface area contributed by atoms with Crippen LogP contribution in [0.1, 0.15) is 17.1 Å². The van der Waals surface area contributed by atoms with Gasteiger partial charge in [-0.05, 0) is 36.4 Å². The molecule has 0 aliphatic rings. The summed E-state index contributed by atoms with van der Waals surface area (Å²) in [5, 5.41) is 14.4. The normalized spacial score (nSPS) is 11.8. The molecule has 128 valence electrons. The van der Waals surface area contributed by atoms with Gasteiger partial charge >= 0.3 is 5.97 Å². The standard InChI is InChI=1S/C20H15N3O2S/c24-19(25)13-14(20-22-17-8-4-5-9-18(17)26-20)12-16-10-11-21-23(16)15-6-2-1-3-7-15/h1-12H,13H2,(H,24,25)/b14-12+. The lowest BCUT2D eigenvalue weighted by Gasteiger charge is -2.06. The van der Waals surface area contributed by atoms with E-state index in [1.165, 1.54) is 11.3 Å². The van der Waals surface area contributed by atoms with E-state index in [4.69, 9.17) is 0 Å². The first-order valence-electron chi connectivity index (χ1n) is 8.08. The molecule has 0 spiro atoms. The van der Waals surface area contributed by atoms with Gasteiger partial charge in [-0.25, -0.2) is 9.67 Å². The van der Waals surface area contributed by atoms with Gasteiger partial charge in [0.1, 0.15) is 5.01 Å². The zero-order valence-corrected chi connectivity index (χ0v) is 14.6. The van der Waals surface area contributed by atoms with Gasteiger partial charge in [0.15, 0.2) is 0 Å². The Morgan fingerprint density at radius 2 is 1.85 bits per heavy atom. The maximum absolute atomic E-state index is 11.4. The highest BCUT2D eigenvalue weighted by atomic mass is 32.1. The first-order chi connectivity index (χ1) is 12.7. The van der Waals surface area contributed by atoms with Gasteiger partial charge in [0.25, 0.3) is 0 Å². The Kier molecular flexibility index (Phi) is 4.33. The molecule has 6 heteroatoms. The Balaban J connectivity index is 1.81. The van der Waals surface area contributed by atoms with Gasteiger partial charge in [0, 0.05) is 5.57 Å². The van der Waals surface area contributed by atoms with Crippen molar-refractivity contribution >= 4 is 39.2 Å². The molecule has 0 bridgehead atoms. The van der Waals surface area contributed by atoms with Crippen LogP contribution >= 0.6 is 11.3 Å². The molecule has 0 aliphatic heterocycles. The van der Waals surface area contributed by atoms with E-state index in [2.05, 4.69) is 10.1 Å². The van der Waals surface area contributed by atoms with Crippen molar-refractivity contribution in [2.45, 2.75) is 6.42 Å². The van der Waals surface area contributed by atoms with Crippen molar-refractivity contribution in [3.05, 3.63) is 77.6 Å². The third kappa shape index (κ3) is 3.27. The lowest BCUT2D eigenvalue weighted by Crippen LogP contribution is -2.00. The lowest BCUT2D eigenvalue weighted by atomic mass is 10.1. The molecule has 1 N–H and O–H groups in total. The number of carboxylic acid groups (broad SMARTS) is 1. The summed E-state index contributed by atoms with van der Waals surface area (Å²) >= 11 is 1.50. The molecule has 2 aromatic carbocycles. The maximum Gasteiger partial charge on any atom is 0.307 e. The van der Waals surface area contributed by atoms with Gasteiger partial charge in [0.2, 0.25) is 0 Å². The molecule has 5 nitrogen and oxygen atoms in total. The summed E-state index contributed by atoms with van der Waals surface area (Å²) < 4.78 is 2.82. The van der Waals surface area contributed by atoms with Crippen molar-refractivity contribution in [1.29, 1.82) is 0 Å². The van der Waals surface area contributed by atoms with E-state index in [1.807, 2.05) is 66.7 Å². The van der Waals surface area contributed by atoms with Crippen LogP contribution in [0.25, 0.3) is 27.6 Å². The highest BCUT2D eigenvalue weighted by Gasteiger charge is 2.14. The summed E-state index contributed by atoms with van der Waals surface area (Å²) in [6.07, 6.45) is 3.46. The lowest BCUT2D eigenvalue weighted by molar-refractivity contribution is -0.135. The van der Waals surface area contributed by atoms with Crippen LogP contribution in [0, 0.1) is 0 Å². The fourth-order valence-corrected chi connectivity index (χ4v) is 3.73. The molecule has 2 aromatic heterocycles. The predicted molar refractivity (Wildman–Crippen MR) is 103 cm³/mol. The maximum atomic E-state index is 11.4. The molecule has 0 atom stereocenters. The first kappa shape index (κ1) is 16.2. The average molecular weight is 361 g/mol. The van der Waals surface area contributed by atoms with Crippen molar-refractivity contribution in [2.24, 2.45) is 0 Å². The summed E-state index contributed by atoms with van der Waals surface area (Å²) in [6.45, 7) is 0. The van der Waals surface area contributed by atoms with Gasteiger partial charge in [-0.1, -0.05) is 30.3 Å². The zero-order chi connectivity index (χ0) is 17.9. The molecule has 0 amide bonds. The second-order valence-electron chi connectivity index (χ2n) is 5.73. The predicted octanol–water partition coefficient (Wildman–Crippen LogP) is 4.50. The molecule has 0 fully saturated rings. The Hall–Kier alpha value is -3.25. The number of benzene rings is 2. The molecule has 4 aromatic rings. The monoisotopic (exact) mass is 361 g/mol. The Bertz CT molecular complexity index is 1060. The third-order valence-electron chi connectivity index (χ3n) is 3.91. The van der Waals surface area contributed by atoms with Crippen LogP contribution in [0.15, 0.2) is 66.9 Å². The van der Waals surface area contributed by atoms with Crippen LogP contribution in [0.2, 0.25) is 0 Å². The van der Waals surface area contributed by atoms with E-state index < -0.39 is 5.97 Å². The number of nitrogens with zero attached hydrogens (tertiary/aromatic N) is 3. The van der Waals surface area contributed by atoms with Gasteiger partial charge < -0.3 is 5.11 Å². The van der Waals surface area contributed by atoms with Gasteiger partial charge in [-0.2, -0.15) is 5.10 Å². The molecule has 2 heterocycles. The average Bonchev–Trinajstić information content (AvgIpc) is 3.28. The second-order valence-corrected chi connectivity index (χ2v) is 6.76. The summed E-state index contributed by atoms with van der Waals surface area (Å²) in [5.74, 6) is -0.888. The number of carboxylic acids is 1. The zero-order valence-electron chi connectivity index (χ0n) is 13.7. The first-order valence-corrected chi connectivity index (χ1v) is 8.90. The number of carbonyl (C=O) groups is 1. The second kappa shape index (κ2) is 6.93. The Morgan fingerprint density at radius 3 is 2.62 bits per heavy atom. The summed E-state index contributed by atoms with van der Waals surface area (Å²) in [4.78, 5) is 16.0. The van der Waals surface area contributed by atoms with Crippen LogP contribution in [-0.2, 0) is 4.79 Å². The minimum atomic E-state index is -0.888. The summed E-state index contributed by atoms with van der Waals surface area (Å²) in [5.41, 5.74) is 3.27. The Morgan fingerprint density at radius 1 is 1.08 bits per heavy atom. The quantitative estimate of drug-likeness (QED) is 0.568. The molecule has 0 saturated heterocycles. The van der Waals surface area contributed by atoms with E-state index in [-0.39, 0.29) is 6.42 Å². The number of thiazole rings is 1. The third-order valence-corrected chi connectivity index (χ3v) is 5.02. The molecule has 0 saturated carbocycles. The van der Waals surface area contributed by atoms with Crippen molar-refractivity contribution in [1.82, 2.24) is 14.8 Å². The minimum absolute atomic E-state index is 0.0974. The molecule has 0 radical (unpaired) electrons. The van der Waals surface area contributed by atoms with E-state index in [0.29, 0.717) is 5.57 Å². The molecule has 0 unspecified atom stereocenters. The number of hydrogen-bond acceptors (Lipinski definition) is 4. The van der Waals surface area contributed by atoms with Gasteiger partial charge in [0.05, 0.1) is 34.2 Å². The molecular weight excluding hydrogens is 346 g/mol. The van der Waals surface area contributed by atoms with Crippen molar-refractivity contribution in [3.8, 4) is 5.69 Å². The number of rotatable bonds is 5. The number of aliphatic carboxylic acids is 1. The van der Waals surface area contributed by atoms with Crippen LogP contribution in [0.5, 0.6) is 0 Å². The minimum Gasteiger partial charge on any atom is -0.481 e. The molecule has 4 rings (SSSR count). The van der Waals surface area contributed by atoms with Gasteiger partial charge in [-0.3, -0.25) is 4.79 Å². The van der Waals surface area contributed by atoms with Crippen LogP contribution < -0.4 is 0 Å². The summed E-state index contributed by atoms with van der Waals surface area (Å²) in [6, 6.07) is 19.4. The van der Waals surface area contributed by atoms with E-state index in [0.717, 1.165) is 26.6 Å². The number of aromatic nitrogens is 3. The van der Waals surface area contributed by atoms with E-state index >= 15 is 0 Å². The highest BCUT2D eigenvalue weighted by Crippen LogP contribution is 2.30. The van der Waals surface area contributed by atoms with Crippen LogP contribution in [0.3, 0.4) is 0 Å². The largest absolute Gasteiger partial charge is 0.481 e.